The monoisotopic (exact) mass is 353 g/mol. The second-order valence-electron chi connectivity index (χ2n) is 4.35. The lowest BCUT2D eigenvalue weighted by Crippen LogP contribution is -2.40. The molecule has 4 nitrogen and oxygen atoms in total. The van der Waals surface area contributed by atoms with Crippen molar-refractivity contribution in [2.24, 2.45) is 0 Å². The summed E-state index contributed by atoms with van der Waals surface area (Å²) >= 11 is 4.82. The smallest absolute Gasteiger partial charge is 0.252 e. The molecular formula is C14H12BrNO3S. The summed E-state index contributed by atoms with van der Waals surface area (Å²) in [4.78, 5) is 11.9. The maximum absolute atomic E-state index is 11.9. The number of carbonyl (C=O) groups is 1. The fourth-order valence-corrected chi connectivity index (χ4v) is 3.04. The number of halogens is 1. The van der Waals surface area contributed by atoms with Crippen molar-refractivity contribution in [2.75, 3.05) is 13.2 Å². The van der Waals surface area contributed by atoms with Crippen LogP contribution in [0.3, 0.4) is 0 Å². The summed E-state index contributed by atoms with van der Waals surface area (Å²) in [6, 6.07) is 9.32. The Bertz CT molecular complexity index is 628. The highest BCUT2D eigenvalue weighted by Gasteiger charge is 2.21. The number of fused-ring (bicyclic) bond motifs is 1. The van der Waals surface area contributed by atoms with Crippen LogP contribution in [-0.4, -0.2) is 25.2 Å². The lowest BCUT2D eigenvalue weighted by atomic mass is 10.2. The molecule has 0 saturated heterocycles. The fourth-order valence-electron chi connectivity index (χ4n) is 1.90. The molecule has 3 rings (SSSR count). The van der Waals surface area contributed by atoms with Gasteiger partial charge in [-0.3, -0.25) is 4.79 Å². The van der Waals surface area contributed by atoms with E-state index in [1.165, 1.54) is 11.3 Å². The summed E-state index contributed by atoms with van der Waals surface area (Å²) in [7, 11) is 0. The van der Waals surface area contributed by atoms with E-state index in [1.807, 2.05) is 29.6 Å². The van der Waals surface area contributed by atoms with Crippen molar-refractivity contribution in [1.82, 2.24) is 5.32 Å². The minimum atomic E-state index is -0.170. The third kappa shape index (κ3) is 2.96. The Morgan fingerprint density at radius 1 is 1.40 bits per heavy atom. The van der Waals surface area contributed by atoms with Crippen molar-refractivity contribution >= 4 is 33.2 Å². The largest absolute Gasteiger partial charge is 0.486 e. The SMILES string of the molecule is O=C(NCC1COc2ccccc2O1)c1csc(Br)c1. The topological polar surface area (TPSA) is 47.6 Å². The fraction of sp³-hybridized carbons (Fsp3) is 0.214. The summed E-state index contributed by atoms with van der Waals surface area (Å²) in [5.74, 6) is 1.36. The van der Waals surface area contributed by atoms with Gasteiger partial charge < -0.3 is 14.8 Å². The maximum Gasteiger partial charge on any atom is 0.252 e. The Morgan fingerprint density at radius 2 is 2.20 bits per heavy atom. The number of hydrogen-bond donors (Lipinski definition) is 1. The molecule has 1 aliphatic heterocycles. The first-order valence-corrected chi connectivity index (χ1v) is 7.80. The van der Waals surface area contributed by atoms with Gasteiger partial charge in [0.2, 0.25) is 0 Å². The van der Waals surface area contributed by atoms with Crippen molar-refractivity contribution in [2.45, 2.75) is 6.10 Å². The van der Waals surface area contributed by atoms with Crippen molar-refractivity contribution < 1.29 is 14.3 Å². The summed E-state index contributed by atoms with van der Waals surface area (Å²) in [5, 5.41) is 4.67. The number of para-hydroxylation sites is 2. The highest BCUT2D eigenvalue weighted by Crippen LogP contribution is 2.30. The lowest BCUT2D eigenvalue weighted by molar-refractivity contribution is 0.0789. The minimum absolute atomic E-state index is 0.102. The van der Waals surface area contributed by atoms with Crippen LogP contribution in [0, 0.1) is 0 Å². The molecule has 2 aromatic rings. The maximum atomic E-state index is 11.9. The Balaban J connectivity index is 1.56. The first-order chi connectivity index (χ1) is 9.72. The van der Waals surface area contributed by atoms with Gasteiger partial charge >= 0.3 is 0 Å². The zero-order valence-corrected chi connectivity index (χ0v) is 12.9. The summed E-state index contributed by atoms with van der Waals surface area (Å²) in [6.07, 6.45) is -0.170. The molecule has 1 aromatic carbocycles. The standard InChI is InChI=1S/C14H12BrNO3S/c15-13-5-9(8-20-13)14(17)16-6-10-7-18-11-3-1-2-4-12(11)19-10/h1-5,8,10H,6-7H2,(H,16,17). The number of carbonyl (C=O) groups excluding carboxylic acids is 1. The molecule has 20 heavy (non-hydrogen) atoms. The van der Waals surface area contributed by atoms with E-state index in [0.717, 1.165) is 15.3 Å². The molecule has 0 aliphatic carbocycles. The van der Waals surface area contributed by atoms with Gasteiger partial charge in [-0.05, 0) is 34.1 Å². The molecule has 104 valence electrons. The van der Waals surface area contributed by atoms with Crippen LogP contribution in [-0.2, 0) is 0 Å². The molecule has 1 aliphatic rings. The quantitative estimate of drug-likeness (QED) is 0.922. The van der Waals surface area contributed by atoms with Crippen LogP contribution in [0.5, 0.6) is 11.5 Å². The molecule has 0 radical (unpaired) electrons. The lowest BCUT2D eigenvalue weighted by Gasteiger charge is -2.26. The second-order valence-corrected chi connectivity index (χ2v) is 6.64. The molecule has 1 unspecified atom stereocenters. The Labute approximate surface area is 128 Å². The molecular weight excluding hydrogens is 342 g/mol. The zero-order valence-electron chi connectivity index (χ0n) is 10.5. The van der Waals surface area contributed by atoms with Crippen LogP contribution in [0.15, 0.2) is 39.5 Å². The number of thiophene rings is 1. The van der Waals surface area contributed by atoms with Crippen LogP contribution in [0.25, 0.3) is 0 Å². The molecule has 0 saturated carbocycles. The number of hydrogen-bond acceptors (Lipinski definition) is 4. The molecule has 1 amide bonds. The molecule has 2 heterocycles. The molecule has 1 N–H and O–H groups in total. The molecule has 0 spiro atoms. The highest BCUT2D eigenvalue weighted by atomic mass is 79.9. The first-order valence-electron chi connectivity index (χ1n) is 6.13. The number of amides is 1. The van der Waals surface area contributed by atoms with Crippen LogP contribution in [0.4, 0.5) is 0 Å². The van der Waals surface area contributed by atoms with Crippen LogP contribution >= 0.6 is 27.3 Å². The van der Waals surface area contributed by atoms with Crippen molar-refractivity contribution in [1.29, 1.82) is 0 Å². The van der Waals surface area contributed by atoms with Gasteiger partial charge in [-0.2, -0.15) is 0 Å². The highest BCUT2D eigenvalue weighted by molar-refractivity contribution is 9.11. The number of ether oxygens (including phenoxy) is 2. The van der Waals surface area contributed by atoms with Crippen molar-refractivity contribution in [3.05, 3.63) is 45.1 Å². The van der Waals surface area contributed by atoms with Crippen LogP contribution in [0.2, 0.25) is 0 Å². The van der Waals surface area contributed by atoms with Gasteiger partial charge in [0.05, 0.1) is 15.9 Å². The van der Waals surface area contributed by atoms with E-state index >= 15 is 0 Å². The Hall–Kier alpha value is -1.53. The molecule has 0 bridgehead atoms. The van der Waals surface area contributed by atoms with E-state index in [9.17, 15) is 4.79 Å². The predicted molar refractivity (Wildman–Crippen MR) is 80.7 cm³/mol. The minimum Gasteiger partial charge on any atom is -0.486 e. The molecule has 0 fully saturated rings. The molecule has 1 aromatic heterocycles. The van der Waals surface area contributed by atoms with E-state index in [1.54, 1.807) is 6.07 Å². The third-order valence-corrected chi connectivity index (χ3v) is 4.39. The second kappa shape index (κ2) is 5.85. The zero-order chi connectivity index (χ0) is 13.9. The van der Waals surface area contributed by atoms with Gasteiger partial charge in [-0.25, -0.2) is 0 Å². The number of nitrogens with one attached hydrogen (secondary N) is 1. The summed E-state index contributed by atoms with van der Waals surface area (Å²) < 4.78 is 12.3. The third-order valence-electron chi connectivity index (χ3n) is 2.89. The van der Waals surface area contributed by atoms with Crippen LogP contribution in [0.1, 0.15) is 10.4 Å². The van der Waals surface area contributed by atoms with Crippen molar-refractivity contribution in [3.8, 4) is 11.5 Å². The van der Waals surface area contributed by atoms with Crippen LogP contribution < -0.4 is 14.8 Å². The average Bonchev–Trinajstić information content (AvgIpc) is 2.91. The average molecular weight is 354 g/mol. The van der Waals surface area contributed by atoms with Gasteiger partial charge in [-0.1, -0.05) is 12.1 Å². The summed E-state index contributed by atoms with van der Waals surface area (Å²) in [5.41, 5.74) is 0.652. The molecule has 6 heteroatoms. The van der Waals surface area contributed by atoms with Gasteiger partial charge in [0.25, 0.3) is 5.91 Å². The van der Waals surface area contributed by atoms with Gasteiger partial charge in [0.15, 0.2) is 11.5 Å². The normalized spacial score (nSPS) is 16.8. The number of benzene rings is 1. The van der Waals surface area contributed by atoms with Gasteiger partial charge in [-0.15, -0.1) is 11.3 Å². The Kier molecular flexibility index (Phi) is 3.93. The number of rotatable bonds is 3. The summed E-state index contributed by atoms with van der Waals surface area (Å²) in [6.45, 7) is 0.852. The van der Waals surface area contributed by atoms with E-state index in [4.69, 9.17) is 9.47 Å². The predicted octanol–water partition coefficient (Wildman–Crippen LogP) is 3.08. The van der Waals surface area contributed by atoms with Gasteiger partial charge in [0.1, 0.15) is 12.7 Å². The van der Waals surface area contributed by atoms with E-state index in [-0.39, 0.29) is 12.0 Å². The van der Waals surface area contributed by atoms with E-state index in [0.29, 0.717) is 18.7 Å². The van der Waals surface area contributed by atoms with Crippen molar-refractivity contribution in [3.63, 3.8) is 0 Å². The van der Waals surface area contributed by atoms with E-state index in [2.05, 4.69) is 21.2 Å². The first kappa shape index (κ1) is 13.5. The van der Waals surface area contributed by atoms with E-state index < -0.39 is 0 Å². The van der Waals surface area contributed by atoms with Gasteiger partial charge in [0, 0.05) is 5.38 Å². The Morgan fingerprint density at radius 3 is 2.95 bits per heavy atom. The molecule has 1 atom stereocenters.